The van der Waals surface area contributed by atoms with Crippen molar-refractivity contribution in [2.75, 3.05) is 5.73 Å². The normalized spacial score (nSPS) is 11.4. The summed E-state index contributed by atoms with van der Waals surface area (Å²) in [6.07, 6.45) is 0. The summed E-state index contributed by atoms with van der Waals surface area (Å²) in [7, 11) is 0. The number of hydrogen-bond donors (Lipinski definition) is 1. The van der Waals surface area contributed by atoms with E-state index in [-0.39, 0.29) is 0 Å². The number of benzene rings is 2. The van der Waals surface area contributed by atoms with Gasteiger partial charge in [-0.25, -0.2) is 0 Å². The highest BCUT2D eigenvalue weighted by Crippen LogP contribution is 2.38. The van der Waals surface area contributed by atoms with Crippen molar-refractivity contribution >= 4 is 69.1 Å². The SMILES string of the molecule is Nc1cc2sc3cc(Br)ccc3c2cc1Br. The second-order valence-corrected chi connectivity index (χ2v) is 6.47. The van der Waals surface area contributed by atoms with Crippen molar-refractivity contribution in [1.29, 1.82) is 0 Å². The molecule has 1 heterocycles. The first-order valence-corrected chi connectivity index (χ1v) is 7.12. The Morgan fingerprint density at radius 3 is 2.50 bits per heavy atom. The van der Waals surface area contributed by atoms with Crippen molar-refractivity contribution in [2.24, 2.45) is 0 Å². The molecular formula is C12H7Br2NS. The van der Waals surface area contributed by atoms with Gasteiger partial charge in [0.25, 0.3) is 0 Å². The van der Waals surface area contributed by atoms with Crippen LogP contribution in [0.5, 0.6) is 0 Å². The van der Waals surface area contributed by atoms with Crippen LogP contribution >= 0.6 is 43.2 Å². The minimum atomic E-state index is 0.790. The maximum Gasteiger partial charge on any atom is 0.0473 e. The topological polar surface area (TPSA) is 26.0 Å². The molecule has 3 aromatic rings. The zero-order valence-electron chi connectivity index (χ0n) is 8.13. The van der Waals surface area contributed by atoms with Gasteiger partial charge in [-0.15, -0.1) is 11.3 Å². The summed E-state index contributed by atoms with van der Waals surface area (Å²) >= 11 is 8.73. The van der Waals surface area contributed by atoms with E-state index in [1.165, 1.54) is 20.2 Å². The van der Waals surface area contributed by atoms with E-state index in [9.17, 15) is 0 Å². The standard InChI is InChI=1S/C12H7Br2NS/c13-6-1-2-7-8-4-9(14)10(15)5-12(8)16-11(7)3-6/h1-5H,15H2. The monoisotopic (exact) mass is 355 g/mol. The zero-order chi connectivity index (χ0) is 11.3. The number of nitrogen functional groups attached to an aromatic ring is 1. The Hall–Kier alpha value is -0.580. The summed E-state index contributed by atoms with van der Waals surface area (Å²) in [6, 6.07) is 10.5. The van der Waals surface area contributed by atoms with Gasteiger partial charge in [0.05, 0.1) is 0 Å². The molecule has 0 spiro atoms. The maximum atomic E-state index is 5.89. The first-order valence-electron chi connectivity index (χ1n) is 4.72. The summed E-state index contributed by atoms with van der Waals surface area (Å²) in [5, 5.41) is 2.54. The van der Waals surface area contributed by atoms with Crippen LogP contribution in [-0.2, 0) is 0 Å². The molecular weight excluding hydrogens is 350 g/mol. The Labute approximate surface area is 114 Å². The van der Waals surface area contributed by atoms with Crippen LogP contribution in [0.2, 0.25) is 0 Å². The third kappa shape index (κ3) is 1.56. The second kappa shape index (κ2) is 3.72. The second-order valence-electron chi connectivity index (χ2n) is 3.61. The van der Waals surface area contributed by atoms with Gasteiger partial charge in [-0.1, -0.05) is 22.0 Å². The number of fused-ring (bicyclic) bond motifs is 3. The Bertz CT molecular complexity index is 703. The smallest absolute Gasteiger partial charge is 0.0473 e. The molecule has 0 bridgehead atoms. The Kier molecular flexibility index (Phi) is 2.46. The lowest BCUT2D eigenvalue weighted by molar-refractivity contribution is 1.72. The van der Waals surface area contributed by atoms with Gasteiger partial charge in [0, 0.05) is 34.8 Å². The summed E-state index contributed by atoms with van der Waals surface area (Å²) < 4.78 is 4.58. The molecule has 2 N–H and O–H groups in total. The van der Waals surface area contributed by atoms with Gasteiger partial charge in [-0.2, -0.15) is 0 Å². The fraction of sp³-hybridized carbons (Fsp3) is 0. The summed E-state index contributed by atoms with van der Waals surface area (Å²) in [4.78, 5) is 0. The lowest BCUT2D eigenvalue weighted by Crippen LogP contribution is -1.84. The fourth-order valence-corrected chi connectivity index (χ4v) is 3.82. The van der Waals surface area contributed by atoms with Crippen molar-refractivity contribution in [2.45, 2.75) is 0 Å². The van der Waals surface area contributed by atoms with Crippen molar-refractivity contribution in [1.82, 2.24) is 0 Å². The number of anilines is 1. The summed E-state index contributed by atoms with van der Waals surface area (Å²) in [6.45, 7) is 0. The van der Waals surface area contributed by atoms with Crippen molar-refractivity contribution < 1.29 is 0 Å². The van der Waals surface area contributed by atoms with Crippen molar-refractivity contribution in [3.8, 4) is 0 Å². The molecule has 0 fully saturated rings. The molecule has 16 heavy (non-hydrogen) atoms. The molecule has 0 aliphatic carbocycles. The molecule has 1 aromatic heterocycles. The van der Waals surface area contributed by atoms with Crippen LogP contribution in [0.15, 0.2) is 39.3 Å². The quantitative estimate of drug-likeness (QED) is 0.553. The van der Waals surface area contributed by atoms with Crippen LogP contribution < -0.4 is 5.73 Å². The van der Waals surface area contributed by atoms with Gasteiger partial charge < -0.3 is 5.73 Å². The fourth-order valence-electron chi connectivity index (χ4n) is 1.79. The van der Waals surface area contributed by atoms with Gasteiger partial charge in [-0.05, 0) is 40.2 Å². The highest BCUT2D eigenvalue weighted by Gasteiger charge is 2.07. The maximum absolute atomic E-state index is 5.89. The van der Waals surface area contributed by atoms with E-state index in [1.54, 1.807) is 11.3 Å². The third-order valence-corrected chi connectivity index (χ3v) is 4.85. The zero-order valence-corrected chi connectivity index (χ0v) is 12.1. The van der Waals surface area contributed by atoms with E-state index < -0.39 is 0 Å². The molecule has 2 aromatic carbocycles. The molecule has 0 aliphatic heterocycles. The Morgan fingerprint density at radius 2 is 1.69 bits per heavy atom. The van der Waals surface area contributed by atoms with E-state index in [0.29, 0.717) is 0 Å². The molecule has 0 saturated heterocycles. The minimum Gasteiger partial charge on any atom is -0.398 e. The number of hydrogen-bond acceptors (Lipinski definition) is 2. The molecule has 0 atom stereocenters. The lowest BCUT2D eigenvalue weighted by Gasteiger charge is -1.98. The van der Waals surface area contributed by atoms with E-state index in [0.717, 1.165) is 14.6 Å². The average Bonchev–Trinajstić information content (AvgIpc) is 2.55. The lowest BCUT2D eigenvalue weighted by atomic mass is 10.1. The molecule has 4 heteroatoms. The van der Waals surface area contributed by atoms with Gasteiger partial charge >= 0.3 is 0 Å². The predicted molar refractivity (Wildman–Crippen MR) is 79.1 cm³/mol. The predicted octanol–water partition coefficient (Wildman–Crippen LogP) is 5.16. The Balaban J connectivity index is 2.51. The van der Waals surface area contributed by atoms with E-state index in [1.807, 2.05) is 6.07 Å². The van der Waals surface area contributed by atoms with Crippen molar-refractivity contribution in [3.63, 3.8) is 0 Å². The van der Waals surface area contributed by atoms with Crippen LogP contribution in [-0.4, -0.2) is 0 Å². The first-order chi connectivity index (χ1) is 7.65. The summed E-state index contributed by atoms with van der Waals surface area (Å²) in [5.41, 5.74) is 6.68. The van der Waals surface area contributed by atoms with Gasteiger partial charge in [-0.3, -0.25) is 0 Å². The highest BCUT2D eigenvalue weighted by molar-refractivity contribution is 9.10. The van der Waals surface area contributed by atoms with Gasteiger partial charge in [0.1, 0.15) is 0 Å². The third-order valence-electron chi connectivity index (χ3n) is 2.55. The Morgan fingerprint density at radius 1 is 0.938 bits per heavy atom. The molecule has 0 unspecified atom stereocenters. The number of thiophene rings is 1. The minimum absolute atomic E-state index is 0.790. The van der Waals surface area contributed by atoms with Crippen LogP contribution in [0.3, 0.4) is 0 Å². The average molecular weight is 357 g/mol. The molecule has 80 valence electrons. The van der Waals surface area contributed by atoms with Crippen LogP contribution in [0, 0.1) is 0 Å². The highest BCUT2D eigenvalue weighted by atomic mass is 79.9. The van der Waals surface area contributed by atoms with Crippen LogP contribution in [0.1, 0.15) is 0 Å². The summed E-state index contributed by atoms with van der Waals surface area (Å²) in [5.74, 6) is 0. The number of nitrogens with two attached hydrogens (primary N) is 1. The van der Waals surface area contributed by atoms with E-state index in [2.05, 4.69) is 56.1 Å². The van der Waals surface area contributed by atoms with Crippen molar-refractivity contribution in [3.05, 3.63) is 39.3 Å². The molecule has 0 saturated carbocycles. The first kappa shape index (κ1) is 10.6. The van der Waals surface area contributed by atoms with Gasteiger partial charge in [0.15, 0.2) is 0 Å². The van der Waals surface area contributed by atoms with E-state index >= 15 is 0 Å². The molecule has 0 radical (unpaired) electrons. The molecule has 0 aliphatic rings. The molecule has 3 rings (SSSR count). The van der Waals surface area contributed by atoms with Crippen LogP contribution in [0.4, 0.5) is 5.69 Å². The molecule has 1 nitrogen and oxygen atoms in total. The van der Waals surface area contributed by atoms with Gasteiger partial charge in [0.2, 0.25) is 0 Å². The number of rotatable bonds is 0. The number of halogens is 2. The van der Waals surface area contributed by atoms with Crippen LogP contribution in [0.25, 0.3) is 20.2 Å². The van der Waals surface area contributed by atoms with E-state index in [4.69, 9.17) is 5.73 Å². The molecule has 0 amide bonds. The largest absolute Gasteiger partial charge is 0.398 e.